The van der Waals surface area contributed by atoms with Gasteiger partial charge < -0.3 is 15.8 Å². The molecule has 0 fully saturated rings. The topological polar surface area (TPSA) is 98.5 Å². The highest BCUT2D eigenvalue weighted by Crippen LogP contribution is 2.16. The van der Waals surface area contributed by atoms with E-state index >= 15 is 0 Å². The fourth-order valence-corrected chi connectivity index (χ4v) is 1.39. The molecule has 6 nitrogen and oxygen atoms in total. The van der Waals surface area contributed by atoms with Crippen molar-refractivity contribution in [3.8, 4) is 0 Å². The summed E-state index contributed by atoms with van der Waals surface area (Å²) in [4.78, 5) is 32.9. The molecule has 106 valence electrons. The summed E-state index contributed by atoms with van der Waals surface area (Å²) in [7, 11) is 0. The van der Waals surface area contributed by atoms with Crippen molar-refractivity contribution in [1.82, 2.24) is 5.32 Å². The zero-order chi connectivity index (χ0) is 15.0. The molecule has 0 bridgehead atoms. The summed E-state index contributed by atoms with van der Waals surface area (Å²) in [6.45, 7) is -0.787. The molecular weight excluding hydrogens is 284 g/mol. The molecule has 3 N–H and O–H groups in total. The molecule has 0 heterocycles. The van der Waals surface area contributed by atoms with Crippen LogP contribution in [0.15, 0.2) is 30.3 Å². The lowest BCUT2D eigenvalue weighted by molar-refractivity contribution is -0.143. The summed E-state index contributed by atoms with van der Waals surface area (Å²) in [5.74, 6) is -1.98. The first-order valence-electron chi connectivity index (χ1n) is 5.63. The van der Waals surface area contributed by atoms with E-state index in [1.165, 1.54) is 6.08 Å². The lowest BCUT2D eigenvalue weighted by Crippen LogP contribution is -2.35. The number of esters is 1. The van der Waals surface area contributed by atoms with Crippen molar-refractivity contribution in [2.45, 2.75) is 0 Å². The summed E-state index contributed by atoms with van der Waals surface area (Å²) >= 11 is 5.89. The van der Waals surface area contributed by atoms with Crippen LogP contribution >= 0.6 is 11.6 Å². The van der Waals surface area contributed by atoms with Gasteiger partial charge in [0.05, 0.1) is 6.54 Å². The van der Waals surface area contributed by atoms with Crippen LogP contribution in [0.5, 0.6) is 0 Å². The van der Waals surface area contributed by atoms with Crippen molar-refractivity contribution in [1.29, 1.82) is 0 Å². The minimum absolute atomic E-state index is 0.300. The van der Waals surface area contributed by atoms with E-state index in [1.807, 2.05) is 0 Å². The van der Waals surface area contributed by atoms with Crippen molar-refractivity contribution in [2.24, 2.45) is 5.73 Å². The Labute approximate surface area is 120 Å². The number of amides is 2. The largest absolute Gasteiger partial charge is 0.452 e. The highest BCUT2D eigenvalue weighted by atomic mass is 35.5. The number of nitrogens with one attached hydrogen (secondary N) is 1. The van der Waals surface area contributed by atoms with E-state index in [-0.39, 0.29) is 6.54 Å². The van der Waals surface area contributed by atoms with Crippen molar-refractivity contribution >= 4 is 35.5 Å². The van der Waals surface area contributed by atoms with Gasteiger partial charge in [-0.25, -0.2) is 4.79 Å². The number of primary amides is 1. The Morgan fingerprint density at radius 2 is 2.00 bits per heavy atom. The standard InChI is InChI=1S/C13H13ClN2O4/c14-10-4-2-1-3-9(10)5-6-13(19)20-8-12(18)16-7-11(15)17/h1-6H,7-8H2,(H2,15,17)(H,16,18)/b6-5+. The Morgan fingerprint density at radius 3 is 2.65 bits per heavy atom. The molecule has 0 aromatic heterocycles. The molecule has 0 saturated heterocycles. The third-order valence-corrected chi connectivity index (χ3v) is 2.45. The van der Waals surface area contributed by atoms with Crippen LogP contribution in [0.3, 0.4) is 0 Å². The molecule has 1 aromatic carbocycles. The normalized spacial score (nSPS) is 10.2. The van der Waals surface area contributed by atoms with Gasteiger partial charge in [0.1, 0.15) is 0 Å². The predicted molar refractivity (Wildman–Crippen MR) is 73.6 cm³/mol. The summed E-state index contributed by atoms with van der Waals surface area (Å²) in [5.41, 5.74) is 5.49. The first-order chi connectivity index (χ1) is 9.49. The lowest BCUT2D eigenvalue weighted by atomic mass is 10.2. The first kappa shape index (κ1) is 15.7. The number of hydrogen-bond acceptors (Lipinski definition) is 4. The molecule has 0 atom stereocenters. The summed E-state index contributed by atoms with van der Waals surface area (Å²) < 4.78 is 4.66. The third kappa shape index (κ3) is 6.01. The van der Waals surface area contributed by atoms with Gasteiger partial charge in [-0.3, -0.25) is 9.59 Å². The molecular formula is C13H13ClN2O4. The van der Waals surface area contributed by atoms with Crippen LogP contribution in [0.25, 0.3) is 6.08 Å². The molecule has 0 radical (unpaired) electrons. The monoisotopic (exact) mass is 296 g/mol. The van der Waals surface area contributed by atoms with Crippen LogP contribution in [0.1, 0.15) is 5.56 Å². The van der Waals surface area contributed by atoms with Crippen molar-refractivity contribution in [2.75, 3.05) is 13.2 Å². The number of halogens is 1. The second-order valence-electron chi connectivity index (χ2n) is 3.71. The van der Waals surface area contributed by atoms with Crippen LogP contribution in [0.2, 0.25) is 5.02 Å². The van der Waals surface area contributed by atoms with Gasteiger partial charge in [-0.1, -0.05) is 29.8 Å². The maximum Gasteiger partial charge on any atom is 0.331 e. The second-order valence-corrected chi connectivity index (χ2v) is 4.11. The summed E-state index contributed by atoms with van der Waals surface area (Å²) in [5, 5.41) is 2.68. The Kier molecular flexibility index (Phi) is 6.25. The fraction of sp³-hybridized carbons (Fsp3) is 0.154. The number of hydrogen-bond donors (Lipinski definition) is 2. The third-order valence-electron chi connectivity index (χ3n) is 2.11. The minimum atomic E-state index is -0.695. The maximum absolute atomic E-state index is 11.3. The highest BCUT2D eigenvalue weighted by molar-refractivity contribution is 6.32. The van der Waals surface area contributed by atoms with E-state index in [0.29, 0.717) is 10.6 Å². The number of benzene rings is 1. The van der Waals surface area contributed by atoms with Gasteiger partial charge in [0.2, 0.25) is 5.91 Å². The summed E-state index contributed by atoms with van der Waals surface area (Å²) in [6.07, 6.45) is 2.63. The molecule has 20 heavy (non-hydrogen) atoms. The van der Waals surface area contributed by atoms with Crippen molar-refractivity contribution in [3.63, 3.8) is 0 Å². The molecule has 1 aromatic rings. The number of nitrogens with two attached hydrogens (primary N) is 1. The van der Waals surface area contributed by atoms with E-state index in [9.17, 15) is 14.4 Å². The van der Waals surface area contributed by atoms with Gasteiger partial charge >= 0.3 is 5.97 Å². The Bertz CT molecular complexity index is 543. The van der Waals surface area contributed by atoms with Crippen LogP contribution in [0, 0.1) is 0 Å². The second kappa shape index (κ2) is 7.96. The quantitative estimate of drug-likeness (QED) is 0.590. The number of carbonyl (C=O) groups is 3. The zero-order valence-electron chi connectivity index (χ0n) is 10.5. The van der Waals surface area contributed by atoms with Gasteiger partial charge in [-0.15, -0.1) is 0 Å². The van der Waals surface area contributed by atoms with Crippen LogP contribution in [0.4, 0.5) is 0 Å². The molecule has 0 aliphatic rings. The maximum atomic E-state index is 11.3. The molecule has 7 heteroatoms. The molecule has 1 rings (SSSR count). The highest BCUT2D eigenvalue weighted by Gasteiger charge is 2.05. The van der Waals surface area contributed by atoms with E-state index in [0.717, 1.165) is 6.08 Å². The van der Waals surface area contributed by atoms with Gasteiger partial charge in [-0.05, 0) is 17.7 Å². The van der Waals surface area contributed by atoms with Gasteiger partial charge in [0.15, 0.2) is 6.61 Å². The SMILES string of the molecule is NC(=O)CNC(=O)COC(=O)/C=C/c1ccccc1Cl. The predicted octanol–water partition coefficient (Wildman–Crippen LogP) is 0.498. The molecule has 0 unspecified atom stereocenters. The molecule has 0 aliphatic heterocycles. The fourth-order valence-electron chi connectivity index (χ4n) is 1.19. The van der Waals surface area contributed by atoms with E-state index in [4.69, 9.17) is 17.3 Å². The Hall–Kier alpha value is -2.34. The number of carbonyl (C=O) groups excluding carboxylic acids is 3. The minimum Gasteiger partial charge on any atom is -0.452 e. The average Bonchev–Trinajstić information content (AvgIpc) is 2.42. The van der Waals surface area contributed by atoms with Gasteiger partial charge in [0, 0.05) is 11.1 Å². The molecule has 0 saturated carbocycles. The Morgan fingerprint density at radius 1 is 1.30 bits per heavy atom. The molecule has 0 aliphatic carbocycles. The van der Waals surface area contributed by atoms with Crippen LogP contribution < -0.4 is 11.1 Å². The van der Waals surface area contributed by atoms with E-state index < -0.39 is 24.4 Å². The van der Waals surface area contributed by atoms with E-state index in [1.54, 1.807) is 24.3 Å². The smallest absolute Gasteiger partial charge is 0.331 e. The van der Waals surface area contributed by atoms with Gasteiger partial charge in [0.25, 0.3) is 5.91 Å². The molecule has 0 spiro atoms. The average molecular weight is 297 g/mol. The zero-order valence-corrected chi connectivity index (χ0v) is 11.2. The lowest BCUT2D eigenvalue weighted by Gasteiger charge is -2.03. The van der Waals surface area contributed by atoms with Crippen LogP contribution in [-0.2, 0) is 19.1 Å². The molecule has 2 amide bonds. The number of rotatable bonds is 6. The number of ether oxygens (including phenoxy) is 1. The van der Waals surface area contributed by atoms with Crippen LogP contribution in [-0.4, -0.2) is 30.9 Å². The van der Waals surface area contributed by atoms with Gasteiger partial charge in [-0.2, -0.15) is 0 Å². The van der Waals surface area contributed by atoms with Crippen molar-refractivity contribution < 1.29 is 19.1 Å². The summed E-state index contributed by atoms with van der Waals surface area (Å²) in [6, 6.07) is 6.95. The Balaban J connectivity index is 2.39. The van der Waals surface area contributed by atoms with E-state index in [2.05, 4.69) is 10.1 Å². The first-order valence-corrected chi connectivity index (χ1v) is 6.01. The van der Waals surface area contributed by atoms with Crippen molar-refractivity contribution in [3.05, 3.63) is 40.9 Å².